The number of carbonyl (C=O) groups excluding carboxylic acids is 1. The Morgan fingerprint density at radius 2 is 1.55 bits per heavy atom. The van der Waals surface area contributed by atoms with Gasteiger partial charge < -0.3 is 14.8 Å². The largest absolute Gasteiger partial charge is 0.494 e. The molecule has 0 spiro atoms. The number of amides is 1. The van der Waals surface area contributed by atoms with Crippen LogP contribution in [-0.2, 0) is 6.42 Å². The molecule has 0 saturated carbocycles. The maximum absolute atomic E-state index is 12.6. The van der Waals surface area contributed by atoms with Crippen molar-refractivity contribution in [1.29, 1.82) is 0 Å². The Bertz CT molecular complexity index is 909. The minimum atomic E-state index is -0.173. The van der Waals surface area contributed by atoms with Crippen molar-refractivity contribution < 1.29 is 14.3 Å². The van der Waals surface area contributed by atoms with Crippen LogP contribution in [0.5, 0.6) is 11.5 Å². The maximum atomic E-state index is 12.6. The van der Waals surface area contributed by atoms with Crippen LogP contribution in [0.1, 0.15) is 35.7 Å². The lowest BCUT2D eigenvalue weighted by atomic mass is 10.1. The van der Waals surface area contributed by atoms with Gasteiger partial charge in [0.05, 0.1) is 13.2 Å². The van der Waals surface area contributed by atoms with Gasteiger partial charge in [0.15, 0.2) is 0 Å². The minimum absolute atomic E-state index is 0.173. The summed E-state index contributed by atoms with van der Waals surface area (Å²) in [5.74, 6) is 1.28. The number of hydrogen-bond donors (Lipinski definition) is 1. The third-order valence-electron chi connectivity index (χ3n) is 4.38. The number of ether oxygens (including phenoxy) is 2. The fourth-order valence-corrected chi connectivity index (χ4v) is 2.92. The van der Waals surface area contributed by atoms with E-state index in [1.54, 1.807) is 12.1 Å². The standard InChI is InChI=1S/C25H27NO3/c1-2-16-28-23-14-6-12-21(18-23)25(27)26-22-13-7-15-24(19-22)29-17-8-11-20-9-4-3-5-10-20/h3-7,9-10,12-15,18-19H,2,8,11,16-17H2,1H3,(H,26,27). The van der Waals surface area contributed by atoms with Crippen LogP contribution in [-0.4, -0.2) is 19.1 Å². The fraction of sp³-hybridized carbons (Fsp3) is 0.240. The van der Waals surface area contributed by atoms with Crippen molar-refractivity contribution in [3.05, 3.63) is 90.0 Å². The van der Waals surface area contributed by atoms with Crippen LogP contribution in [0.15, 0.2) is 78.9 Å². The summed E-state index contributed by atoms with van der Waals surface area (Å²) in [6, 6.07) is 25.1. The van der Waals surface area contributed by atoms with Crippen molar-refractivity contribution in [2.45, 2.75) is 26.2 Å². The highest BCUT2D eigenvalue weighted by Crippen LogP contribution is 2.20. The van der Waals surface area contributed by atoms with Crippen LogP contribution in [0.3, 0.4) is 0 Å². The maximum Gasteiger partial charge on any atom is 0.255 e. The van der Waals surface area contributed by atoms with Crippen LogP contribution in [0.2, 0.25) is 0 Å². The van der Waals surface area contributed by atoms with E-state index in [2.05, 4.69) is 17.4 Å². The van der Waals surface area contributed by atoms with Crippen molar-refractivity contribution in [2.75, 3.05) is 18.5 Å². The molecule has 3 aromatic carbocycles. The van der Waals surface area contributed by atoms with Gasteiger partial charge in [0, 0.05) is 17.3 Å². The molecule has 0 radical (unpaired) electrons. The van der Waals surface area contributed by atoms with Crippen LogP contribution in [0, 0.1) is 0 Å². The molecule has 3 aromatic rings. The number of carbonyl (C=O) groups is 1. The summed E-state index contributed by atoms with van der Waals surface area (Å²) in [6.45, 7) is 3.31. The van der Waals surface area contributed by atoms with Crippen molar-refractivity contribution in [2.24, 2.45) is 0 Å². The van der Waals surface area contributed by atoms with E-state index in [0.717, 1.165) is 25.0 Å². The van der Waals surface area contributed by atoms with Crippen LogP contribution >= 0.6 is 0 Å². The number of aryl methyl sites for hydroxylation is 1. The number of nitrogens with one attached hydrogen (secondary N) is 1. The number of benzene rings is 3. The summed E-state index contributed by atoms with van der Waals surface area (Å²) in [6.07, 6.45) is 2.84. The van der Waals surface area contributed by atoms with E-state index in [1.807, 2.05) is 61.5 Å². The van der Waals surface area contributed by atoms with Gasteiger partial charge in [-0.05, 0) is 55.2 Å². The molecule has 0 bridgehead atoms. The topological polar surface area (TPSA) is 47.6 Å². The molecule has 0 aliphatic rings. The molecular formula is C25H27NO3. The van der Waals surface area contributed by atoms with E-state index in [4.69, 9.17) is 9.47 Å². The molecule has 1 amide bonds. The molecule has 4 heteroatoms. The zero-order chi connectivity index (χ0) is 20.3. The molecule has 0 saturated heterocycles. The molecular weight excluding hydrogens is 362 g/mol. The van der Waals surface area contributed by atoms with Crippen molar-refractivity contribution in [1.82, 2.24) is 0 Å². The third kappa shape index (κ3) is 6.68. The summed E-state index contributed by atoms with van der Waals surface area (Å²) in [4.78, 5) is 12.6. The molecule has 0 unspecified atom stereocenters. The summed E-state index contributed by atoms with van der Waals surface area (Å²) in [7, 11) is 0. The molecule has 150 valence electrons. The first kappa shape index (κ1) is 20.5. The number of hydrogen-bond acceptors (Lipinski definition) is 3. The van der Waals surface area contributed by atoms with E-state index in [1.165, 1.54) is 5.56 Å². The van der Waals surface area contributed by atoms with Gasteiger partial charge in [-0.15, -0.1) is 0 Å². The highest BCUT2D eigenvalue weighted by molar-refractivity contribution is 6.04. The lowest BCUT2D eigenvalue weighted by Gasteiger charge is -2.10. The Kier molecular flexibility index (Phi) is 7.70. The van der Waals surface area contributed by atoms with Gasteiger partial charge in [0.1, 0.15) is 11.5 Å². The summed E-state index contributed by atoms with van der Waals surface area (Å²) >= 11 is 0. The molecule has 0 aromatic heterocycles. The lowest BCUT2D eigenvalue weighted by molar-refractivity contribution is 0.102. The van der Waals surface area contributed by atoms with E-state index in [-0.39, 0.29) is 5.91 Å². The highest BCUT2D eigenvalue weighted by Gasteiger charge is 2.08. The molecule has 0 aliphatic carbocycles. The Labute approximate surface area is 172 Å². The molecule has 0 aliphatic heterocycles. The smallest absolute Gasteiger partial charge is 0.255 e. The van der Waals surface area contributed by atoms with Gasteiger partial charge >= 0.3 is 0 Å². The normalized spacial score (nSPS) is 10.4. The van der Waals surface area contributed by atoms with Crippen molar-refractivity contribution in [3.8, 4) is 11.5 Å². The Balaban J connectivity index is 1.52. The SMILES string of the molecule is CCCOc1cccc(C(=O)Nc2cccc(OCCCc3ccccc3)c2)c1. The fourth-order valence-electron chi connectivity index (χ4n) is 2.92. The quantitative estimate of drug-likeness (QED) is 0.450. The zero-order valence-corrected chi connectivity index (χ0v) is 16.8. The van der Waals surface area contributed by atoms with Crippen LogP contribution in [0.25, 0.3) is 0 Å². The molecule has 29 heavy (non-hydrogen) atoms. The van der Waals surface area contributed by atoms with Gasteiger partial charge in [-0.25, -0.2) is 0 Å². The molecule has 1 N–H and O–H groups in total. The van der Waals surface area contributed by atoms with Gasteiger partial charge in [0.25, 0.3) is 5.91 Å². The lowest BCUT2D eigenvalue weighted by Crippen LogP contribution is -2.12. The molecule has 0 fully saturated rings. The second-order valence-electron chi connectivity index (χ2n) is 6.80. The minimum Gasteiger partial charge on any atom is -0.494 e. The molecule has 3 rings (SSSR count). The average molecular weight is 389 g/mol. The van der Waals surface area contributed by atoms with Crippen molar-refractivity contribution in [3.63, 3.8) is 0 Å². The van der Waals surface area contributed by atoms with Crippen molar-refractivity contribution >= 4 is 11.6 Å². The molecule has 0 heterocycles. The molecule has 4 nitrogen and oxygen atoms in total. The van der Waals surface area contributed by atoms with E-state index < -0.39 is 0 Å². The monoisotopic (exact) mass is 389 g/mol. The Morgan fingerprint density at radius 3 is 2.34 bits per heavy atom. The van der Waals surface area contributed by atoms with Crippen LogP contribution < -0.4 is 14.8 Å². The van der Waals surface area contributed by atoms with E-state index in [0.29, 0.717) is 30.2 Å². The average Bonchev–Trinajstić information content (AvgIpc) is 2.76. The van der Waals surface area contributed by atoms with E-state index >= 15 is 0 Å². The second kappa shape index (κ2) is 10.9. The Morgan fingerprint density at radius 1 is 0.828 bits per heavy atom. The number of anilines is 1. The first-order chi connectivity index (χ1) is 14.2. The van der Waals surface area contributed by atoms with Gasteiger partial charge in [0.2, 0.25) is 0 Å². The summed E-state index contributed by atoms with van der Waals surface area (Å²) in [5.41, 5.74) is 2.57. The Hall–Kier alpha value is -3.27. The van der Waals surface area contributed by atoms with Gasteiger partial charge in [-0.3, -0.25) is 4.79 Å². The van der Waals surface area contributed by atoms with Gasteiger partial charge in [-0.2, -0.15) is 0 Å². The number of rotatable bonds is 10. The van der Waals surface area contributed by atoms with E-state index in [9.17, 15) is 4.79 Å². The first-order valence-corrected chi connectivity index (χ1v) is 10.1. The van der Waals surface area contributed by atoms with Crippen LogP contribution in [0.4, 0.5) is 5.69 Å². The summed E-state index contributed by atoms with van der Waals surface area (Å²) in [5, 5.41) is 2.92. The molecule has 0 atom stereocenters. The summed E-state index contributed by atoms with van der Waals surface area (Å²) < 4.78 is 11.4. The second-order valence-corrected chi connectivity index (χ2v) is 6.80. The highest BCUT2D eigenvalue weighted by atomic mass is 16.5. The predicted octanol–water partition coefficient (Wildman–Crippen LogP) is 5.74. The predicted molar refractivity (Wildman–Crippen MR) is 117 cm³/mol. The van der Waals surface area contributed by atoms with Gasteiger partial charge in [-0.1, -0.05) is 49.4 Å². The zero-order valence-electron chi connectivity index (χ0n) is 16.8. The third-order valence-corrected chi connectivity index (χ3v) is 4.38. The first-order valence-electron chi connectivity index (χ1n) is 10.1.